The summed E-state index contributed by atoms with van der Waals surface area (Å²) in [5, 5.41) is 6.71. The molecule has 0 aliphatic carbocycles. The molecule has 1 unspecified atom stereocenters. The van der Waals surface area contributed by atoms with Gasteiger partial charge in [0.1, 0.15) is 0 Å². The van der Waals surface area contributed by atoms with Crippen LogP contribution in [0.4, 0.5) is 0 Å². The first-order valence-corrected chi connectivity index (χ1v) is 8.92. The number of hydrogen-bond acceptors (Lipinski definition) is 3. The maximum atomic E-state index is 5.06. The average molecular weight is 335 g/mol. The van der Waals surface area contributed by atoms with Crippen molar-refractivity contribution < 1.29 is 4.74 Å². The van der Waals surface area contributed by atoms with Gasteiger partial charge in [-0.1, -0.05) is 30.3 Å². The zero-order valence-electron chi connectivity index (χ0n) is 15.7. The van der Waals surface area contributed by atoms with E-state index in [4.69, 9.17) is 4.74 Å². The number of benzene rings is 1. The monoisotopic (exact) mass is 334 g/mol. The molecule has 24 heavy (non-hydrogen) atoms. The molecule has 2 N–H and O–H groups in total. The van der Waals surface area contributed by atoms with Crippen molar-refractivity contribution in [2.75, 3.05) is 40.4 Å². The molecule has 0 aliphatic heterocycles. The fourth-order valence-electron chi connectivity index (χ4n) is 2.39. The van der Waals surface area contributed by atoms with E-state index in [0.29, 0.717) is 6.04 Å². The molecule has 0 spiro atoms. The lowest BCUT2D eigenvalue weighted by molar-refractivity contribution is 0.197. The molecule has 0 saturated carbocycles. The summed E-state index contributed by atoms with van der Waals surface area (Å²) in [6.45, 7) is 8.66. The smallest absolute Gasteiger partial charge is 0.191 e. The first-order valence-electron chi connectivity index (χ1n) is 8.92. The average Bonchev–Trinajstić information content (AvgIpc) is 2.59. The van der Waals surface area contributed by atoms with E-state index in [2.05, 4.69) is 71.8 Å². The Bertz CT molecular complexity index is 450. The molecule has 0 radical (unpaired) electrons. The Balaban J connectivity index is 2.31. The third-order valence-corrected chi connectivity index (χ3v) is 4.00. The van der Waals surface area contributed by atoms with Gasteiger partial charge in [-0.05, 0) is 39.3 Å². The molecule has 1 aromatic carbocycles. The normalized spacial score (nSPS) is 13.1. The van der Waals surface area contributed by atoms with Crippen LogP contribution in [0, 0.1) is 0 Å². The Morgan fingerprint density at radius 3 is 2.67 bits per heavy atom. The van der Waals surface area contributed by atoms with E-state index in [1.54, 1.807) is 7.11 Å². The maximum Gasteiger partial charge on any atom is 0.191 e. The van der Waals surface area contributed by atoms with Crippen molar-refractivity contribution in [2.45, 2.75) is 39.3 Å². The van der Waals surface area contributed by atoms with Crippen molar-refractivity contribution in [1.29, 1.82) is 0 Å². The van der Waals surface area contributed by atoms with Crippen LogP contribution in [0.15, 0.2) is 35.3 Å². The summed E-state index contributed by atoms with van der Waals surface area (Å²) in [5.74, 6) is 0.895. The first-order chi connectivity index (χ1) is 11.7. The van der Waals surface area contributed by atoms with Crippen LogP contribution in [0.5, 0.6) is 0 Å². The van der Waals surface area contributed by atoms with Crippen LogP contribution < -0.4 is 10.6 Å². The van der Waals surface area contributed by atoms with Gasteiger partial charge in [-0.25, -0.2) is 0 Å². The number of hydrogen-bond donors (Lipinski definition) is 2. The molecule has 136 valence electrons. The van der Waals surface area contributed by atoms with Crippen molar-refractivity contribution in [3.63, 3.8) is 0 Å². The van der Waals surface area contributed by atoms with Crippen LogP contribution in [-0.4, -0.2) is 57.3 Å². The van der Waals surface area contributed by atoms with Gasteiger partial charge in [0.05, 0.1) is 0 Å². The van der Waals surface area contributed by atoms with Crippen molar-refractivity contribution in [1.82, 2.24) is 15.5 Å². The lowest BCUT2D eigenvalue weighted by Gasteiger charge is -2.25. The molecule has 0 aliphatic rings. The largest absolute Gasteiger partial charge is 0.385 e. The molecule has 5 heteroatoms. The number of ether oxygens (including phenoxy) is 1. The van der Waals surface area contributed by atoms with Crippen LogP contribution in [-0.2, 0) is 11.3 Å². The van der Waals surface area contributed by atoms with Crippen molar-refractivity contribution in [3.05, 3.63) is 35.9 Å². The highest BCUT2D eigenvalue weighted by atomic mass is 16.5. The molecule has 1 atom stereocenters. The molecule has 0 fully saturated rings. The second kappa shape index (κ2) is 12.8. The number of methoxy groups -OCH3 is 1. The molecular formula is C19H34N4O. The lowest BCUT2D eigenvalue weighted by Crippen LogP contribution is -2.40. The van der Waals surface area contributed by atoms with Gasteiger partial charge in [0.25, 0.3) is 0 Å². The predicted molar refractivity (Wildman–Crippen MR) is 102 cm³/mol. The van der Waals surface area contributed by atoms with Crippen molar-refractivity contribution in [3.8, 4) is 0 Å². The molecule has 0 amide bonds. The highest BCUT2D eigenvalue weighted by molar-refractivity contribution is 5.79. The minimum Gasteiger partial charge on any atom is -0.385 e. The standard InChI is InChI=1S/C19H34N4O/c1-5-20-19(21-13-9-15-24-4)22-14-12-17(2)23(3)16-18-10-7-6-8-11-18/h6-8,10-11,17H,5,9,12-16H2,1-4H3,(H2,20,21,22). The molecule has 5 nitrogen and oxygen atoms in total. The van der Waals surface area contributed by atoms with Gasteiger partial charge in [-0.15, -0.1) is 0 Å². The van der Waals surface area contributed by atoms with E-state index in [1.807, 2.05) is 0 Å². The van der Waals surface area contributed by atoms with Gasteiger partial charge in [0, 0.05) is 45.9 Å². The van der Waals surface area contributed by atoms with E-state index in [0.717, 1.165) is 51.6 Å². The topological polar surface area (TPSA) is 48.9 Å². The number of guanidine groups is 1. The summed E-state index contributed by atoms with van der Waals surface area (Å²) < 4.78 is 5.06. The van der Waals surface area contributed by atoms with Gasteiger partial charge in [-0.2, -0.15) is 0 Å². The quantitative estimate of drug-likeness (QED) is 0.371. The number of nitrogens with zero attached hydrogens (tertiary/aromatic N) is 2. The van der Waals surface area contributed by atoms with Gasteiger partial charge >= 0.3 is 0 Å². The van der Waals surface area contributed by atoms with Gasteiger partial charge < -0.3 is 15.4 Å². The highest BCUT2D eigenvalue weighted by Gasteiger charge is 2.09. The van der Waals surface area contributed by atoms with Crippen LogP contribution >= 0.6 is 0 Å². The Kier molecular flexibility index (Phi) is 10.9. The zero-order valence-corrected chi connectivity index (χ0v) is 15.7. The predicted octanol–water partition coefficient (Wildman–Crippen LogP) is 2.49. The Labute approximate surface area is 147 Å². The van der Waals surface area contributed by atoms with Crippen LogP contribution in [0.1, 0.15) is 32.3 Å². The van der Waals surface area contributed by atoms with Crippen molar-refractivity contribution >= 4 is 5.96 Å². The maximum absolute atomic E-state index is 5.06. The molecular weight excluding hydrogens is 300 g/mol. The zero-order chi connectivity index (χ0) is 17.6. The molecule has 0 bridgehead atoms. The van der Waals surface area contributed by atoms with E-state index in [9.17, 15) is 0 Å². The second-order valence-corrected chi connectivity index (χ2v) is 6.07. The molecule has 1 aromatic rings. The van der Waals surface area contributed by atoms with Crippen LogP contribution in [0.25, 0.3) is 0 Å². The van der Waals surface area contributed by atoms with E-state index >= 15 is 0 Å². The fourth-order valence-corrected chi connectivity index (χ4v) is 2.39. The summed E-state index contributed by atoms with van der Waals surface area (Å²) in [6.07, 6.45) is 2.02. The van der Waals surface area contributed by atoms with E-state index < -0.39 is 0 Å². The highest BCUT2D eigenvalue weighted by Crippen LogP contribution is 2.07. The Morgan fingerprint density at radius 1 is 1.25 bits per heavy atom. The summed E-state index contributed by atoms with van der Waals surface area (Å²) in [5.41, 5.74) is 1.35. The van der Waals surface area contributed by atoms with Gasteiger partial charge in [0.2, 0.25) is 0 Å². The summed E-state index contributed by atoms with van der Waals surface area (Å²) in [7, 11) is 3.90. The van der Waals surface area contributed by atoms with Crippen LogP contribution in [0.2, 0.25) is 0 Å². The third-order valence-electron chi connectivity index (χ3n) is 4.00. The minimum absolute atomic E-state index is 0.508. The Morgan fingerprint density at radius 2 is 2.00 bits per heavy atom. The summed E-state index contributed by atoms with van der Waals surface area (Å²) in [4.78, 5) is 6.95. The molecule has 0 aromatic heterocycles. The lowest BCUT2D eigenvalue weighted by atomic mass is 10.1. The molecule has 0 saturated heterocycles. The first kappa shape index (κ1) is 20.5. The minimum atomic E-state index is 0.508. The number of rotatable bonds is 11. The number of aliphatic imine (C=N–C) groups is 1. The summed E-state index contributed by atoms with van der Waals surface area (Å²) in [6, 6.07) is 11.1. The Hall–Kier alpha value is -1.59. The second-order valence-electron chi connectivity index (χ2n) is 6.07. The molecule has 0 heterocycles. The fraction of sp³-hybridized carbons (Fsp3) is 0.632. The number of nitrogens with one attached hydrogen (secondary N) is 2. The third kappa shape index (κ3) is 8.89. The summed E-state index contributed by atoms with van der Waals surface area (Å²) >= 11 is 0. The van der Waals surface area contributed by atoms with Crippen LogP contribution in [0.3, 0.4) is 0 Å². The van der Waals surface area contributed by atoms with Gasteiger partial charge in [0.15, 0.2) is 5.96 Å². The molecule has 1 rings (SSSR count). The van der Waals surface area contributed by atoms with Gasteiger partial charge in [-0.3, -0.25) is 9.89 Å². The van der Waals surface area contributed by atoms with Crippen molar-refractivity contribution in [2.24, 2.45) is 4.99 Å². The SMILES string of the molecule is CCNC(=NCCCOC)NCCC(C)N(C)Cc1ccccc1. The van der Waals surface area contributed by atoms with E-state index in [-0.39, 0.29) is 0 Å². The van der Waals surface area contributed by atoms with E-state index in [1.165, 1.54) is 5.56 Å².